The summed E-state index contributed by atoms with van der Waals surface area (Å²) in [5.74, 6) is 1.56. The molecule has 0 radical (unpaired) electrons. The van der Waals surface area contributed by atoms with Gasteiger partial charge in [-0.25, -0.2) is 0 Å². The smallest absolute Gasteiger partial charge is 0.225 e. The second kappa shape index (κ2) is 9.00. The van der Waals surface area contributed by atoms with Gasteiger partial charge in [0.1, 0.15) is 16.9 Å². The summed E-state index contributed by atoms with van der Waals surface area (Å²) in [6, 6.07) is 7.29. The number of thiophene rings is 1. The van der Waals surface area contributed by atoms with Crippen LogP contribution in [0.1, 0.15) is 52.1 Å². The van der Waals surface area contributed by atoms with Gasteiger partial charge in [-0.15, -0.1) is 21.5 Å². The summed E-state index contributed by atoms with van der Waals surface area (Å²) in [4.78, 5) is 21.6. The van der Waals surface area contributed by atoms with Crippen LogP contribution < -0.4 is 0 Å². The fraction of sp³-hybridized carbons (Fsp3) is 0.417. The number of aliphatic imine (C=N–C) groups is 1. The van der Waals surface area contributed by atoms with Crippen molar-refractivity contribution in [3.05, 3.63) is 62.5 Å². The molecule has 2 aliphatic rings. The average Bonchev–Trinajstić information content (AvgIpc) is 3.12. The van der Waals surface area contributed by atoms with Crippen LogP contribution in [0.2, 0.25) is 5.02 Å². The third-order valence-electron chi connectivity index (χ3n) is 6.30. The van der Waals surface area contributed by atoms with Crippen molar-refractivity contribution in [1.82, 2.24) is 19.7 Å². The first kappa shape index (κ1) is 22.3. The molecule has 3 aromatic rings. The van der Waals surface area contributed by atoms with Gasteiger partial charge in [0.05, 0.1) is 18.7 Å². The van der Waals surface area contributed by atoms with Crippen LogP contribution in [0.5, 0.6) is 0 Å². The predicted molar refractivity (Wildman–Crippen MR) is 130 cm³/mol. The highest BCUT2D eigenvalue weighted by atomic mass is 35.5. The Bertz CT molecular complexity index is 1220. The third-order valence-corrected chi connectivity index (χ3v) is 7.74. The second-order valence-electron chi connectivity index (χ2n) is 8.46. The van der Waals surface area contributed by atoms with Gasteiger partial charge in [0.2, 0.25) is 5.91 Å². The van der Waals surface area contributed by atoms with Gasteiger partial charge in [-0.3, -0.25) is 14.4 Å². The van der Waals surface area contributed by atoms with Gasteiger partial charge in [0.25, 0.3) is 0 Å². The maximum atomic E-state index is 13.3. The van der Waals surface area contributed by atoms with Crippen LogP contribution in [0.15, 0.2) is 29.3 Å². The van der Waals surface area contributed by atoms with E-state index in [0.29, 0.717) is 37.2 Å². The average molecular weight is 484 g/mol. The molecule has 1 saturated heterocycles. The van der Waals surface area contributed by atoms with E-state index in [4.69, 9.17) is 21.3 Å². The summed E-state index contributed by atoms with van der Waals surface area (Å²) in [5.41, 5.74) is 4.09. The van der Waals surface area contributed by atoms with E-state index >= 15 is 0 Å². The summed E-state index contributed by atoms with van der Waals surface area (Å²) in [6.45, 7) is 8.77. The van der Waals surface area contributed by atoms with Crippen LogP contribution in [0.4, 0.5) is 0 Å². The number of fused-ring (bicyclic) bond motifs is 3. The van der Waals surface area contributed by atoms with E-state index < -0.39 is 6.04 Å². The van der Waals surface area contributed by atoms with E-state index in [2.05, 4.69) is 28.6 Å². The molecule has 33 heavy (non-hydrogen) atoms. The minimum atomic E-state index is -0.437. The minimum absolute atomic E-state index is 0.0649. The summed E-state index contributed by atoms with van der Waals surface area (Å²) in [6.07, 6.45) is 1.09. The number of benzene rings is 1. The van der Waals surface area contributed by atoms with E-state index in [-0.39, 0.29) is 12.3 Å². The van der Waals surface area contributed by atoms with Gasteiger partial charge in [-0.2, -0.15) is 0 Å². The topological polar surface area (TPSA) is 72.6 Å². The number of hydrogen-bond acceptors (Lipinski definition) is 6. The van der Waals surface area contributed by atoms with Crippen molar-refractivity contribution in [3.8, 4) is 5.00 Å². The zero-order chi connectivity index (χ0) is 23.1. The monoisotopic (exact) mass is 483 g/mol. The van der Waals surface area contributed by atoms with Gasteiger partial charge in [-0.05, 0) is 44.9 Å². The quantitative estimate of drug-likeness (QED) is 0.552. The Kier molecular flexibility index (Phi) is 6.07. The number of aromatic nitrogens is 3. The molecule has 2 aromatic heterocycles. The van der Waals surface area contributed by atoms with Crippen LogP contribution >= 0.6 is 22.9 Å². The predicted octanol–water partition coefficient (Wildman–Crippen LogP) is 4.44. The van der Waals surface area contributed by atoms with Crippen molar-refractivity contribution in [3.63, 3.8) is 0 Å². The van der Waals surface area contributed by atoms with Gasteiger partial charge < -0.3 is 9.64 Å². The van der Waals surface area contributed by atoms with Crippen molar-refractivity contribution in [2.75, 3.05) is 26.3 Å². The second-order valence-corrected chi connectivity index (χ2v) is 10.1. The number of ether oxygens (including phenoxy) is 1. The third kappa shape index (κ3) is 4.11. The molecule has 0 spiro atoms. The largest absolute Gasteiger partial charge is 0.380 e. The lowest BCUT2D eigenvalue weighted by Gasteiger charge is -2.21. The molecule has 0 aliphatic carbocycles. The Morgan fingerprint density at radius 1 is 1.15 bits per heavy atom. The molecule has 4 heterocycles. The lowest BCUT2D eigenvalue weighted by molar-refractivity contribution is -0.131. The van der Waals surface area contributed by atoms with E-state index in [1.807, 2.05) is 36.1 Å². The maximum absolute atomic E-state index is 13.3. The first-order valence-corrected chi connectivity index (χ1v) is 12.4. The molecular formula is C24H26ClN5O2S. The Labute approximate surface area is 202 Å². The van der Waals surface area contributed by atoms with Gasteiger partial charge in [0.15, 0.2) is 5.82 Å². The number of carbonyl (C=O) groups is 1. The summed E-state index contributed by atoms with van der Waals surface area (Å²) >= 11 is 7.88. The molecule has 0 N–H and O–H groups in total. The number of nitrogens with zero attached hydrogens (tertiary/aromatic N) is 5. The van der Waals surface area contributed by atoms with E-state index in [1.165, 1.54) is 10.4 Å². The van der Waals surface area contributed by atoms with Crippen molar-refractivity contribution in [2.45, 2.75) is 39.7 Å². The maximum Gasteiger partial charge on any atom is 0.225 e. The van der Waals surface area contributed by atoms with Crippen LogP contribution in [0.3, 0.4) is 0 Å². The Balaban J connectivity index is 1.63. The standard InChI is InChI=1S/C24H26ClN5O2S/c1-14-15(2)33-24-21(14)22(17-5-7-18(25)8-6-17)26-19(23-28-27-16(3)30(23)24)13-20(31)29-9-4-11-32-12-10-29/h5-8,19H,4,9-13H2,1-3H3. The van der Waals surface area contributed by atoms with Crippen LogP contribution in [-0.2, 0) is 9.53 Å². The van der Waals surface area contributed by atoms with Crippen LogP contribution in [-0.4, -0.2) is 57.6 Å². The number of amides is 1. The summed E-state index contributed by atoms with van der Waals surface area (Å²) in [7, 11) is 0. The highest BCUT2D eigenvalue weighted by Crippen LogP contribution is 2.39. The van der Waals surface area contributed by atoms with E-state index in [1.54, 1.807) is 11.3 Å². The number of aryl methyl sites for hydroxylation is 2. The van der Waals surface area contributed by atoms with Crippen LogP contribution in [0.25, 0.3) is 5.00 Å². The zero-order valence-electron chi connectivity index (χ0n) is 19.0. The Morgan fingerprint density at radius 3 is 2.73 bits per heavy atom. The first-order valence-electron chi connectivity index (χ1n) is 11.2. The van der Waals surface area contributed by atoms with Gasteiger partial charge in [-0.1, -0.05) is 23.7 Å². The first-order chi connectivity index (χ1) is 15.9. The molecular weight excluding hydrogens is 458 g/mol. The molecule has 0 bridgehead atoms. The molecule has 2 aliphatic heterocycles. The van der Waals surface area contributed by atoms with E-state index in [9.17, 15) is 4.79 Å². The molecule has 1 unspecified atom stereocenters. The SMILES string of the molecule is Cc1sc2c(c1C)C(c1ccc(Cl)cc1)=NC(CC(=O)N1CCCOCC1)c1nnc(C)n1-2. The number of rotatable bonds is 3. The molecule has 172 valence electrons. The molecule has 1 atom stereocenters. The Hall–Kier alpha value is -2.55. The molecule has 1 amide bonds. The fourth-order valence-electron chi connectivity index (χ4n) is 4.42. The van der Waals surface area contributed by atoms with Crippen LogP contribution in [0, 0.1) is 20.8 Å². The van der Waals surface area contributed by atoms with E-state index in [0.717, 1.165) is 34.1 Å². The molecule has 9 heteroatoms. The number of hydrogen-bond donors (Lipinski definition) is 0. The number of halogens is 1. The van der Waals surface area contributed by atoms with Gasteiger partial charge in [0, 0.05) is 40.7 Å². The molecule has 0 saturated carbocycles. The number of carbonyl (C=O) groups excluding carboxylic acids is 1. The lowest BCUT2D eigenvalue weighted by Crippen LogP contribution is -2.34. The van der Waals surface area contributed by atoms with Crippen molar-refractivity contribution < 1.29 is 9.53 Å². The lowest BCUT2D eigenvalue weighted by atomic mass is 9.99. The van der Waals surface area contributed by atoms with Crippen molar-refractivity contribution in [1.29, 1.82) is 0 Å². The normalized spacial score (nSPS) is 18.2. The molecule has 5 rings (SSSR count). The van der Waals surface area contributed by atoms with Crippen molar-refractivity contribution in [2.24, 2.45) is 4.99 Å². The molecule has 1 fully saturated rings. The minimum Gasteiger partial charge on any atom is -0.380 e. The zero-order valence-corrected chi connectivity index (χ0v) is 20.5. The molecule has 7 nitrogen and oxygen atoms in total. The summed E-state index contributed by atoms with van der Waals surface area (Å²) < 4.78 is 7.61. The van der Waals surface area contributed by atoms with Crippen molar-refractivity contribution >= 4 is 34.6 Å². The highest BCUT2D eigenvalue weighted by Gasteiger charge is 2.33. The Morgan fingerprint density at radius 2 is 1.94 bits per heavy atom. The summed E-state index contributed by atoms with van der Waals surface area (Å²) in [5, 5.41) is 10.6. The fourth-order valence-corrected chi connectivity index (χ4v) is 5.76. The van der Waals surface area contributed by atoms with Gasteiger partial charge >= 0.3 is 0 Å². The highest BCUT2D eigenvalue weighted by molar-refractivity contribution is 7.15. The molecule has 1 aromatic carbocycles.